The van der Waals surface area contributed by atoms with Crippen LogP contribution in [0.25, 0.3) is 0 Å². The molecule has 0 bridgehead atoms. The first-order chi connectivity index (χ1) is 11.6. The molecule has 7 heteroatoms. The van der Waals surface area contributed by atoms with Crippen molar-refractivity contribution in [3.05, 3.63) is 42.9 Å². The molecule has 0 fully saturated rings. The van der Waals surface area contributed by atoms with Gasteiger partial charge in [0.1, 0.15) is 5.75 Å². The fourth-order valence-electron chi connectivity index (χ4n) is 2.56. The van der Waals surface area contributed by atoms with E-state index in [1.807, 2.05) is 24.3 Å². The van der Waals surface area contributed by atoms with Crippen molar-refractivity contribution < 1.29 is 14.3 Å². The van der Waals surface area contributed by atoms with E-state index in [-0.39, 0.29) is 24.8 Å². The lowest BCUT2D eigenvalue weighted by Gasteiger charge is -2.33. The molecule has 2 heterocycles. The number of amides is 2. The molecule has 2 amide bonds. The van der Waals surface area contributed by atoms with Crippen molar-refractivity contribution in [1.82, 2.24) is 9.97 Å². The highest BCUT2D eigenvalue weighted by Crippen LogP contribution is 2.33. The van der Waals surface area contributed by atoms with Crippen LogP contribution in [0.15, 0.2) is 42.9 Å². The van der Waals surface area contributed by atoms with Crippen molar-refractivity contribution >= 4 is 23.3 Å². The lowest BCUT2D eigenvalue weighted by Crippen LogP contribution is -2.46. The quantitative estimate of drug-likeness (QED) is 0.854. The Kier molecular flexibility index (Phi) is 4.41. The number of hydrogen-bond donors (Lipinski definition) is 0. The summed E-state index contributed by atoms with van der Waals surface area (Å²) in [5, 5.41) is 0. The number of nitrogens with zero attached hydrogens (tertiary/aromatic N) is 4. The summed E-state index contributed by atoms with van der Waals surface area (Å²) in [4.78, 5) is 35.9. The molecule has 124 valence electrons. The second-order valence-corrected chi connectivity index (χ2v) is 5.48. The maximum atomic E-state index is 12.4. The molecule has 1 aromatic heterocycles. The Bertz CT molecular complexity index is 751. The molecule has 0 spiro atoms. The van der Waals surface area contributed by atoms with Gasteiger partial charge in [0.25, 0.3) is 5.91 Å². The van der Waals surface area contributed by atoms with Gasteiger partial charge >= 0.3 is 0 Å². The maximum Gasteiger partial charge on any atom is 0.267 e. The summed E-state index contributed by atoms with van der Waals surface area (Å²) in [7, 11) is 1.64. The van der Waals surface area contributed by atoms with Gasteiger partial charge in [-0.2, -0.15) is 0 Å². The van der Waals surface area contributed by atoms with E-state index in [1.54, 1.807) is 25.1 Å². The number of carbonyl (C=O) groups excluding carboxylic acids is 2. The van der Waals surface area contributed by atoms with Gasteiger partial charge < -0.3 is 9.64 Å². The second kappa shape index (κ2) is 6.66. The Hall–Kier alpha value is -2.96. The average molecular weight is 326 g/mol. The molecule has 1 aromatic carbocycles. The first-order valence-corrected chi connectivity index (χ1v) is 7.67. The Labute approximate surface area is 139 Å². The van der Waals surface area contributed by atoms with Crippen LogP contribution in [0.2, 0.25) is 0 Å². The van der Waals surface area contributed by atoms with E-state index in [9.17, 15) is 9.59 Å². The number of fused-ring (bicyclic) bond motifs is 1. The molecule has 0 radical (unpaired) electrons. The van der Waals surface area contributed by atoms with Gasteiger partial charge in [-0.05, 0) is 19.1 Å². The maximum absolute atomic E-state index is 12.4. The minimum atomic E-state index is -0.562. The first-order valence-electron chi connectivity index (χ1n) is 7.67. The lowest BCUT2D eigenvalue weighted by molar-refractivity contribution is -0.125. The normalized spacial score (nSPS) is 16.3. The Morgan fingerprint density at radius 3 is 2.88 bits per heavy atom. The molecule has 7 nitrogen and oxygen atoms in total. The topological polar surface area (TPSA) is 75.6 Å². The molecule has 0 N–H and O–H groups in total. The van der Waals surface area contributed by atoms with Gasteiger partial charge in [-0.1, -0.05) is 12.1 Å². The predicted molar refractivity (Wildman–Crippen MR) is 88.9 cm³/mol. The summed E-state index contributed by atoms with van der Waals surface area (Å²) < 4.78 is 5.59. The van der Waals surface area contributed by atoms with Crippen LogP contribution in [-0.4, -0.2) is 41.5 Å². The zero-order chi connectivity index (χ0) is 17.1. The van der Waals surface area contributed by atoms with Gasteiger partial charge in [-0.25, -0.2) is 4.98 Å². The molecule has 3 rings (SSSR count). The Morgan fingerprint density at radius 1 is 1.33 bits per heavy atom. The highest BCUT2D eigenvalue weighted by atomic mass is 16.5. The summed E-state index contributed by atoms with van der Waals surface area (Å²) in [6, 6.07) is 7.33. The predicted octanol–water partition coefficient (Wildman–Crippen LogP) is 1.64. The minimum absolute atomic E-state index is 0.139. The van der Waals surface area contributed by atoms with Crippen molar-refractivity contribution in [2.45, 2.75) is 19.4 Å². The Balaban J connectivity index is 1.72. The number of benzene rings is 1. The number of anilines is 2. The van der Waals surface area contributed by atoms with Crippen LogP contribution in [0.3, 0.4) is 0 Å². The molecular weight excluding hydrogens is 308 g/mol. The average Bonchev–Trinajstić information content (AvgIpc) is 2.62. The van der Waals surface area contributed by atoms with Crippen molar-refractivity contribution in [3.8, 4) is 5.75 Å². The fraction of sp³-hybridized carbons (Fsp3) is 0.294. The number of ether oxygens (including phenoxy) is 1. The summed E-state index contributed by atoms with van der Waals surface area (Å²) in [6.45, 7) is 1.99. The van der Waals surface area contributed by atoms with Crippen LogP contribution in [0, 0.1) is 0 Å². The Morgan fingerprint density at radius 2 is 2.12 bits per heavy atom. The number of carbonyl (C=O) groups is 2. The molecule has 0 saturated carbocycles. The number of aromatic nitrogens is 2. The third-order valence-electron chi connectivity index (χ3n) is 3.89. The van der Waals surface area contributed by atoms with Crippen LogP contribution in [0.5, 0.6) is 5.75 Å². The second-order valence-electron chi connectivity index (χ2n) is 5.48. The minimum Gasteiger partial charge on any atom is -0.479 e. The van der Waals surface area contributed by atoms with Crippen molar-refractivity contribution in [1.29, 1.82) is 0 Å². The van der Waals surface area contributed by atoms with Crippen molar-refractivity contribution in [3.63, 3.8) is 0 Å². The molecule has 1 aliphatic rings. The van der Waals surface area contributed by atoms with E-state index in [0.717, 1.165) is 0 Å². The molecule has 2 aromatic rings. The molecule has 0 aliphatic carbocycles. The molecular formula is C17H18N4O3. The van der Waals surface area contributed by atoms with E-state index >= 15 is 0 Å². The summed E-state index contributed by atoms with van der Waals surface area (Å²) in [5.74, 6) is 0.840. The first kappa shape index (κ1) is 15.9. The largest absolute Gasteiger partial charge is 0.479 e. The number of rotatable bonds is 4. The van der Waals surface area contributed by atoms with E-state index in [2.05, 4.69) is 9.97 Å². The molecule has 1 unspecified atom stereocenters. The third kappa shape index (κ3) is 3.05. The zero-order valence-corrected chi connectivity index (χ0v) is 13.5. The molecule has 24 heavy (non-hydrogen) atoms. The lowest BCUT2D eigenvalue weighted by atomic mass is 10.1. The van der Waals surface area contributed by atoms with Crippen LogP contribution in [0.4, 0.5) is 11.5 Å². The summed E-state index contributed by atoms with van der Waals surface area (Å²) in [6.07, 6.45) is 4.22. The number of hydrogen-bond acceptors (Lipinski definition) is 5. The third-order valence-corrected chi connectivity index (χ3v) is 3.89. The van der Waals surface area contributed by atoms with Gasteiger partial charge in [-0.15, -0.1) is 0 Å². The monoisotopic (exact) mass is 326 g/mol. The smallest absolute Gasteiger partial charge is 0.267 e. The van der Waals surface area contributed by atoms with Crippen LogP contribution < -0.4 is 14.5 Å². The summed E-state index contributed by atoms with van der Waals surface area (Å²) >= 11 is 0. The van der Waals surface area contributed by atoms with E-state index in [0.29, 0.717) is 17.3 Å². The van der Waals surface area contributed by atoms with Crippen molar-refractivity contribution in [2.24, 2.45) is 0 Å². The van der Waals surface area contributed by atoms with Crippen LogP contribution >= 0.6 is 0 Å². The molecule has 1 atom stereocenters. The summed E-state index contributed by atoms with van der Waals surface area (Å²) in [5.41, 5.74) is 0.690. The highest BCUT2D eigenvalue weighted by Gasteiger charge is 2.31. The molecule has 1 aliphatic heterocycles. The van der Waals surface area contributed by atoms with Crippen molar-refractivity contribution in [2.75, 3.05) is 23.4 Å². The van der Waals surface area contributed by atoms with Gasteiger partial charge in [0, 0.05) is 32.4 Å². The van der Waals surface area contributed by atoms with E-state index in [4.69, 9.17) is 4.74 Å². The number of para-hydroxylation sites is 2. The zero-order valence-electron chi connectivity index (χ0n) is 13.5. The van der Waals surface area contributed by atoms with Gasteiger partial charge in [0.15, 0.2) is 11.9 Å². The van der Waals surface area contributed by atoms with Crippen LogP contribution in [-0.2, 0) is 9.59 Å². The van der Waals surface area contributed by atoms with Gasteiger partial charge in [0.2, 0.25) is 5.91 Å². The highest BCUT2D eigenvalue weighted by molar-refractivity contribution is 6.01. The van der Waals surface area contributed by atoms with Gasteiger partial charge in [0.05, 0.1) is 11.9 Å². The SMILES string of the molecule is CC1Oc2ccccc2N(CCC(=O)N(C)c2cnccn2)C1=O. The van der Waals surface area contributed by atoms with E-state index < -0.39 is 6.10 Å². The molecule has 0 saturated heterocycles. The van der Waals surface area contributed by atoms with Crippen LogP contribution in [0.1, 0.15) is 13.3 Å². The standard InChI is InChI=1S/C17H18N4O3/c1-12-17(23)21(13-5-3-4-6-14(13)24-12)10-7-16(22)20(2)15-11-18-8-9-19-15/h3-6,8-9,11-12H,7,10H2,1-2H3. The van der Waals surface area contributed by atoms with Gasteiger partial charge in [-0.3, -0.25) is 19.5 Å². The fourth-order valence-corrected chi connectivity index (χ4v) is 2.56. The van der Waals surface area contributed by atoms with E-state index in [1.165, 1.54) is 17.3 Å².